The number of aromatic nitrogens is 2. The van der Waals surface area contributed by atoms with Crippen LogP contribution in [0.25, 0.3) is 0 Å². The molecule has 1 aromatic carbocycles. The zero-order chi connectivity index (χ0) is 12.3. The van der Waals surface area contributed by atoms with Gasteiger partial charge in [0.25, 0.3) is 5.56 Å². The molecule has 17 heavy (non-hydrogen) atoms. The van der Waals surface area contributed by atoms with E-state index in [1.54, 1.807) is 0 Å². The van der Waals surface area contributed by atoms with E-state index in [1.807, 2.05) is 24.3 Å². The Bertz CT molecular complexity index is 561. The Balaban J connectivity index is 2.22. The largest absolute Gasteiger partial charge is 0.493 e. The van der Waals surface area contributed by atoms with Crippen molar-refractivity contribution in [3.8, 4) is 5.88 Å². The van der Waals surface area contributed by atoms with Crippen molar-refractivity contribution in [2.45, 2.75) is 13.3 Å². The molecule has 0 unspecified atom stereocenters. The van der Waals surface area contributed by atoms with Gasteiger partial charge in [0.05, 0.1) is 6.07 Å². The van der Waals surface area contributed by atoms with Crippen LogP contribution in [0.5, 0.6) is 5.88 Å². The lowest BCUT2D eigenvalue weighted by Gasteiger charge is -2.05. The van der Waals surface area contributed by atoms with Gasteiger partial charge in [-0.3, -0.25) is 9.78 Å². The minimum Gasteiger partial charge on any atom is -0.493 e. The lowest BCUT2D eigenvalue weighted by molar-refractivity contribution is 0.452. The molecule has 1 heterocycles. The van der Waals surface area contributed by atoms with Crippen LogP contribution in [0.3, 0.4) is 0 Å². The average Bonchev–Trinajstić information content (AvgIpc) is 2.28. The number of nitrogens with one attached hydrogen (secondary N) is 2. The number of rotatable bonds is 3. The second-order valence-electron chi connectivity index (χ2n) is 3.63. The highest BCUT2D eigenvalue weighted by Gasteiger charge is 2.00. The molecule has 0 atom stereocenters. The van der Waals surface area contributed by atoms with E-state index >= 15 is 0 Å². The number of aromatic amines is 1. The molecule has 1 aromatic heterocycles. The molecule has 0 amide bonds. The summed E-state index contributed by atoms with van der Waals surface area (Å²) in [5.41, 5.74) is 1.63. The van der Waals surface area contributed by atoms with Gasteiger partial charge >= 0.3 is 0 Å². The maximum absolute atomic E-state index is 11.1. The summed E-state index contributed by atoms with van der Waals surface area (Å²) in [6.07, 6.45) is 0.974. The fourth-order valence-corrected chi connectivity index (χ4v) is 1.46. The molecule has 0 aliphatic rings. The van der Waals surface area contributed by atoms with Crippen LogP contribution in [-0.4, -0.2) is 15.1 Å². The molecular formula is C12H13N3O2. The van der Waals surface area contributed by atoms with E-state index in [4.69, 9.17) is 0 Å². The molecule has 0 radical (unpaired) electrons. The maximum atomic E-state index is 11.1. The Morgan fingerprint density at radius 3 is 2.65 bits per heavy atom. The van der Waals surface area contributed by atoms with Crippen LogP contribution in [0, 0.1) is 0 Å². The fraction of sp³-hybridized carbons (Fsp3) is 0.167. The Hall–Kier alpha value is -2.30. The number of aryl methyl sites for hydroxylation is 1. The molecular weight excluding hydrogens is 218 g/mol. The van der Waals surface area contributed by atoms with E-state index in [0.29, 0.717) is 0 Å². The summed E-state index contributed by atoms with van der Waals surface area (Å²) in [5.74, 6) is -0.0827. The molecule has 2 aromatic rings. The molecule has 0 aliphatic carbocycles. The van der Waals surface area contributed by atoms with Gasteiger partial charge in [-0.25, -0.2) is 0 Å². The summed E-state index contributed by atoms with van der Waals surface area (Å²) in [7, 11) is 0. The van der Waals surface area contributed by atoms with Crippen LogP contribution in [-0.2, 0) is 6.42 Å². The molecule has 0 saturated heterocycles. The van der Waals surface area contributed by atoms with Crippen molar-refractivity contribution in [3.63, 3.8) is 0 Å². The minimum atomic E-state index is -0.398. The molecule has 2 rings (SSSR count). The van der Waals surface area contributed by atoms with Gasteiger partial charge < -0.3 is 10.4 Å². The van der Waals surface area contributed by atoms with Crippen molar-refractivity contribution in [2.75, 3.05) is 5.32 Å². The molecule has 0 fully saturated rings. The Morgan fingerprint density at radius 1 is 1.35 bits per heavy atom. The second-order valence-corrected chi connectivity index (χ2v) is 3.63. The summed E-state index contributed by atoms with van der Waals surface area (Å²) in [5, 5.41) is 12.1. The summed E-state index contributed by atoms with van der Waals surface area (Å²) in [4.78, 5) is 17.4. The number of hydrogen-bond acceptors (Lipinski definition) is 4. The van der Waals surface area contributed by atoms with E-state index < -0.39 is 5.56 Å². The lowest BCUT2D eigenvalue weighted by atomic mass is 10.1. The van der Waals surface area contributed by atoms with Gasteiger partial charge in [0.15, 0.2) is 0 Å². The number of nitrogens with zero attached hydrogens (tertiary/aromatic N) is 1. The van der Waals surface area contributed by atoms with Gasteiger partial charge in [-0.2, -0.15) is 4.98 Å². The first-order chi connectivity index (χ1) is 8.17. The van der Waals surface area contributed by atoms with Crippen LogP contribution in [0.2, 0.25) is 0 Å². The molecule has 88 valence electrons. The Kier molecular flexibility index (Phi) is 3.09. The quantitative estimate of drug-likeness (QED) is 0.752. The van der Waals surface area contributed by atoms with Crippen molar-refractivity contribution in [1.29, 1.82) is 0 Å². The lowest BCUT2D eigenvalue weighted by Crippen LogP contribution is -2.08. The number of benzene rings is 1. The van der Waals surface area contributed by atoms with Crippen LogP contribution < -0.4 is 10.9 Å². The van der Waals surface area contributed by atoms with Crippen molar-refractivity contribution < 1.29 is 5.11 Å². The first-order valence-electron chi connectivity index (χ1n) is 5.33. The highest BCUT2D eigenvalue weighted by molar-refractivity contribution is 5.53. The highest BCUT2D eigenvalue weighted by atomic mass is 16.3. The third kappa shape index (κ3) is 2.84. The average molecular weight is 231 g/mol. The van der Waals surface area contributed by atoms with Gasteiger partial charge in [-0.15, -0.1) is 0 Å². The van der Waals surface area contributed by atoms with Crippen LogP contribution >= 0.6 is 0 Å². The maximum Gasteiger partial charge on any atom is 0.256 e. The number of anilines is 2. The van der Waals surface area contributed by atoms with Crippen LogP contribution in [0.15, 0.2) is 35.1 Å². The topological polar surface area (TPSA) is 78.0 Å². The van der Waals surface area contributed by atoms with E-state index in [0.717, 1.165) is 18.2 Å². The summed E-state index contributed by atoms with van der Waals surface area (Å²) in [6.45, 7) is 2.08. The highest BCUT2D eigenvalue weighted by Crippen LogP contribution is 2.14. The number of aromatic hydroxyl groups is 1. The number of H-pyrrole nitrogens is 1. The van der Waals surface area contributed by atoms with Gasteiger partial charge in [0.1, 0.15) is 0 Å². The Labute approximate surface area is 98.2 Å². The fourth-order valence-electron chi connectivity index (χ4n) is 1.46. The summed E-state index contributed by atoms with van der Waals surface area (Å²) < 4.78 is 0. The standard InChI is InChI=1S/C12H13N3O2/c1-2-8-3-5-9(6-4-8)13-12-14-10(16)7-11(17)15-12/h3-7H,2H2,1H3,(H3,13,14,15,16,17). The van der Waals surface area contributed by atoms with E-state index in [-0.39, 0.29) is 11.8 Å². The van der Waals surface area contributed by atoms with Crippen molar-refractivity contribution in [2.24, 2.45) is 0 Å². The summed E-state index contributed by atoms with van der Waals surface area (Å²) >= 11 is 0. The smallest absolute Gasteiger partial charge is 0.256 e. The van der Waals surface area contributed by atoms with Crippen molar-refractivity contribution in [1.82, 2.24) is 9.97 Å². The van der Waals surface area contributed by atoms with Crippen LogP contribution in [0.1, 0.15) is 12.5 Å². The van der Waals surface area contributed by atoms with Crippen molar-refractivity contribution in [3.05, 3.63) is 46.2 Å². The normalized spacial score (nSPS) is 10.2. The molecule has 0 saturated carbocycles. The third-order valence-corrected chi connectivity index (χ3v) is 2.35. The molecule has 0 bridgehead atoms. The first kappa shape index (κ1) is 11.2. The molecule has 3 N–H and O–H groups in total. The molecule has 5 nitrogen and oxygen atoms in total. The number of hydrogen-bond donors (Lipinski definition) is 3. The first-order valence-corrected chi connectivity index (χ1v) is 5.33. The third-order valence-electron chi connectivity index (χ3n) is 2.35. The molecule has 0 aliphatic heterocycles. The monoisotopic (exact) mass is 231 g/mol. The van der Waals surface area contributed by atoms with E-state index in [9.17, 15) is 9.90 Å². The SMILES string of the molecule is CCc1ccc(Nc2nc(O)cc(=O)[nH]2)cc1. The predicted molar refractivity (Wildman–Crippen MR) is 65.6 cm³/mol. The molecule has 5 heteroatoms. The molecule has 0 spiro atoms. The predicted octanol–water partition coefficient (Wildman–Crippen LogP) is 1.78. The minimum absolute atomic E-state index is 0.222. The zero-order valence-corrected chi connectivity index (χ0v) is 9.40. The zero-order valence-electron chi connectivity index (χ0n) is 9.40. The van der Waals surface area contributed by atoms with Crippen LogP contribution in [0.4, 0.5) is 11.6 Å². The van der Waals surface area contributed by atoms with E-state index in [2.05, 4.69) is 22.2 Å². The Morgan fingerprint density at radius 2 is 2.06 bits per heavy atom. The van der Waals surface area contributed by atoms with E-state index in [1.165, 1.54) is 5.56 Å². The van der Waals surface area contributed by atoms with Gasteiger partial charge in [0, 0.05) is 5.69 Å². The van der Waals surface area contributed by atoms with Gasteiger partial charge in [-0.05, 0) is 24.1 Å². The van der Waals surface area contributed by atoms with Gasteiger partial charge in [0.2, 0.25) is 11.8 Å². The van der Waals surface area contributed by atoms with Gasteiger partial charge in [-0.1, -0.05) is 19.1 Å². The second kappa shape index (κ2) is 4.69. The van der Waals surface area contributed by atoms with Crippen molar-refractivity contribution >= 4 is 11.6 Å². The summed E-state index contributed by atoms with van der Waals surface area (Å²) in [6, 6.07) is 8.78.